The van der Waals surface area contributed by atoms with E-state index in [9.17, 15) is 0 Å². The third-order valence-corrected chi connectivity index (χ3v) is 3.26. The summed E-state index contributed by atoms with van der Waals surface area (Å²) in [6.07, 6.45) is 3.39. The van der Waals surface area contributed by atoms with Crippen molar-refractivity contribution < 1.29 is 0 Å². The monoisotopic (exact) mass is 206 g/mol. The van der Waals surface area contributed by atoms with Crippen LogP contribution < -0.4 is 0 Å². The van der Waals surface area contributed by atoms with E-state index < -0.39 is 0 Å². The number of aryl methyl sites for hydroxylation is 1. The molecular weight excluding hydrogens is 192 g/mol. The fourth-order valence-electron chi connectivity index (χ4n) is 2.39. The average Bonchev–Trinajstić information content (AvgIpc) is 2.73. The van der Waals surface area contributed by atoms with Gasteiger partial charge in [-0.25, -0.2) is 0 Å². The van der Waals surface area contributed by atoms with Crippen LogP contribution in [0.2, 0.25) is 0 Å². The lowest BCUT2D eigenvalue weighted by atomic mass is 9.99. The SMILES string of the molecule is Cc1ccccc1C1=Cc2ccccc2C1. The van der Waals surface area contributed by atoms with Gasteiger partial charge in [0.05, 0.1) is 0 Å². The van der Waals surface area contributed by atoms with E-state index in [0.717, 1.165) is 6.42 Å². The van der Waals surface area contributed by atoms with Crippen LogP contribution in [0, 0.1) is 6.92 Å². The van der Waals surface area contributed by atoms with Crippen LogP contribution in [0.1, 0.15) is 22.3 Å². The summed E-state index contributed by atoms with van der Waals surface area (Å²) < 4.78 is 0. The first-order chi connectivity index (χ1) is 7.84. The zero-order valence-corrected chi connectivity index (χ0v) is 9.40. The molecule has 0 saturated heterocycles. The quantitative estimate of drug-likeness (QED) is 0.659. The molecule has 0 N–H and O–H groups in total. The average molecular weight is 206 g/mol. The van der Waals surface area contributed by atoms with E-state index in [1.54, 1.807) is 0 Å². The first-order valence-electron chi connectivity index (χ1n) is 5.69. The van der Waals surface area contributed by atoms with Gasteiger partial charge in [0.15, 0.2) is 0 Å². The number of hydrogen-bond donors (Lipinski definition) is 0. The Balaban J connectivity index is 2.05. The second kappa shape index (κ2) is 3.64. The van der Waals surface area contributed by atoms with Gasteiger partial charge in [-0.2, -0.15) is 0 Å². The minimum atomic E-state index is 1.07. The van der Waals surface area contributed by atoms with Crippen molar-refractivity contribution in [2.75, 3.05) is 0 Å². The number of rotatable bonds is 1. The van der Waals surface area contributed by atoms with Crippen LogP contribution in [0.3, 0.4) is 0 Å². The van der Waals surface area contributed by atoms with E-state index in [2.05, 4.69) is 61.5 Å². The second-order valence-corrected chi connectivity index (χ2v) is 4.36. The van der Waals surface area contributed by atoms with Crippen molar-refractivity contribution in [2.45, 2.75) is 13.3 Å². The Kier molecular flexibility index (Phi) is 2.14. The molecule has 0 heteroatoms. The summed E-state index contributed by atoms with van der Waals surface area (Å²) in [6, 6.07) is 17.3. The van der Waals surface area contributed by atoms with Crippen molar-refractivity contribution in [3.8, 4) is 0 Å². The second-order valence-electron chi connectivity index (χ2n) is 4.36. The lowest BCUT2D eigenvalue weighted by Crippen LogP contribution is -1.88. The molecule has 0 amide bonds. The highest BCUT2D eigenvalue weighted by Gasteiger charge is 2.14. The van der Waals surface area contributed by atoms with Crippen molar-refractivity contribution in [1.82, 2.24) is 0 Å². The molecule has 0 spiro atoms. The Morgan fingerprint density at radius 2 is 1.62 bits per heavy atom. The first-order valence-corrected chi connectivity index (χ1v) is 5.69. The summed E-state index contributed by atoms with van der Waals surface area (Å²) in [5.74, 6) is 0. The van der Waals surface area contributed by atoms with Crippen LogP contribution in [-0.2, 0) is 6.42 Å². The summed E-state index contributed by atoms with van der Waals surface area (Å²) in [7, 11) is 0. The van der Waals surface area contributed by atoms with Crippen LogP contribution in [0.25, 0.3) is 11.6 Å². The number of benzene rings is 2. The van der Waals surface area contributed by atoms with Crippen molar-refractivity contribution in [3.63, 3.8) is 0 Å². The number of hydrogen-bond acceptors (Lipinski definition) is 0. The van der Waals surface area contributed by atoms with Crippen LogP contribution in [0.5, 0.6) is 0 Å². The Hall–Kier alpha value is -1.82. The van der Waals surface area contributed by atoms with Gasteiger partial charge in [-0.3, -0.25) is 0 Å². The standard InChI is InChI=1S/C16H14/c1-12-6-2-5-9-16(12)15-10-13-7-3-4-8-14(13)11-15/h2-10H,11H2,1H3. The van der Waals surface area contributed by atoms with Crippen molar-refractivity contribution in [2.24, 2.45) is 0 Å². The molecular formula is C16H14. The van der Waals surface area contributed by atoms with Crippen LogP contribution in [0.15, 0.2) is 48.5 Å². The fourth-order valence-corrected chi connectivity index (χ4v) is 2.39. The molecule has 1 aliphatic rings. The lowest BCUT2D eigenvalue weighted by molar-refractivity contribution is 1.30. The van der Waals surface area contributed by atoms with Gasteiger partial charge < -0.3 is 0 Å². The molecule has 0 aromatic heterocycles. The third-order valence-electron chi connectivity index (χ3n) is 3.26. The molecule has 0 fully saturated rings. The van der Waals surface area contributed by atoms with E-state index in [0.29, 0.717) is 0 Å². The maximum absolute atomic E-state index is 2.32. The van der Waals surface area contributed by atoms with Gasteiger partial charge in [0.2, 0.25) is 0 Å². The van der Waals surface area contributed by atoms with Gasteiger partial charge in [0.25, 0.3) is 0 Å². The Labute approximate surface area is 96.3 Å². The Morgan fingerprint density at radius 3 is 2.44 bits per heavy atom. The van der Waals surface area contributed by atoms with E-state index in [4.69, 9.17) is 0 Å². The summed E-state index contributed by atoms with van der Waals surface area (Å²) in [5.41, 5.74) is 7.01. The summed E-state index contributed by atoms with van der Waals surface area (Å²) in [5, 5.41) is 0. The molecule has 0 radical (unpaired) electrons. The van der Waals surface area contributed by atoms with E-state index >= 15 is 0 Å². The van der Waals surface area contributed by atoms with Crippen molar-refractivity contribution >= 4 is 11.6 Å². The summed E-state index contributed by atoms with van der Waals surface area (Å²) in [4.78, 5) is 0. The van der Waals surface area contributed by atoms with Gasteiger partial charge >= 0.3 is 0 Å². The molecule has 0 atom stereocenters. The molecule has 1 aliphatic carbocycles. The van der Waals surface area contributed by atoms with Crippen LogP contribution in [0.4, 0.5) is 0 Å². The highest BCUT2D eigenvalue weighted by atomic mass is 14.2. The van der Waals surface area contributed by atoms with Crippen LogP contribution >= 0.6 is 0 Å². The predicted molar refractivity (Wildman–Crippen MR) is 69.2 cm³/mol. The topological polar surface area (TPSA) is 0 Å². The molecule has 0 nitrogen and oxygen atoms in total. The third kappa shape index (κ3) is 1.47. The number of fused-ring (bicyclic) bond motifs is 1. The summed E-state index contributed by atoms with van der Waals surface area (Å²) in [6.45, 7) is 2.18. The van der Waals surface area contributed by atoms with Crippen molar-refractivity contribution in [1.29, 1.82) is 0 Å². The highest BCUT2D eigenvalue weighted by Crippen LogP contribution is 2.32. The lowest BCUT2D eigenvalue weighted by Gasteiger charge is -2.05. The first kappa shape index (κ1) is 9.41. The maximum Gasteiger partial charge on any atom is -0.00136 e. The summed E-state index contributed by atoms with van der Waals surface area (Å²) >= 11 is 0. The van der Waals surface area contributed by atoms with E-state index in [-0.39, 0.29) is 0 Å². The number of allylic oxidation sites excluding steroid dienone is 1. The fraction of sp³-hybridized carbons (Fsp3) is 0.125. The zero-order valence-electron chi connectivity index (χ0n) is 9.40. The molecule has 2 aromatic rings. The molecule has 0 unspecified atom stereocenters. The molecule has 0 heterocycles. The van der Waals surface area contributed by atoms with Crippen LogP contribution in [-0.4, -0.2) is 0 Å². The Morgan fingerprint density at radius 1 is 0.875 bits per heavy atom. The van der Waals surface area contributed by atoms with Crippen molar-refractivity contribution in [3.05, 3.63) is 70.8 Å². The smallest absolute Gasteiger partial charge is 0.00136 e. The molecule has 0 bridgehead atoms. The molecule has 0 aliphatic heterocycles. The normalized spacial score (nSPS) is 13.4. The predicted octanol–water partition coefficient (Wildman–Crippen LogP) is 4.09. The minimum absolute atomic E-state index is 1.07. The molecule has 0 saturated carbocycles. The molecule has 3 rings (SSSR count). The Bertz CT molecular complexity index is 562. The van der Waals surface area contributed by atoms with Gasteiger partial charge in [0.1, 0.15) is 0 Å². The van der Waals surface area contributed by atoms with E-state index in [1.807, 2.05) is 0 Å². The van der Waals surface area contributed by atoms with Gasteiger partial charge in [0, 0.05) is 0 Å². The molecule has 16 heavy (non-hydrogen) atoms. The van der Waals surface area contributed by atoms with E-state index in [1.165, 1.54) is 27.8 Å². The molecule has 2 aromatic carbocycles. The molecule has 78 valence electrons. The van der Waals surface area contributed by atoms with Gasteiger partial charge in [-0.15, -0.1) is 0 Å². The largest absolute Gasteiger partial charge is 0.0620 e. The maximum atomic E-state index is 2.32. The van der Waals surface area contributed by atoms with Gasteiger partial charge in [-0.05, 0) is 41.2 Å². The minimum Gasteiger partial charge on any atom is -0.0620 e. The zero-order chi connectivity index (χ0) is 11.0. The van der Waals surface area contributed by atoms with Gasteiger partial charge in [-0.1, -0.05) is 54.6 Å². The highest BCUT2D eigenvalue weighted by molar-refractivity contribution is 5.89.